The van der Waals surface area contributed by atoms with Gasteiger partial charge in [0.15, 0.2) is 0 Å². The number of aliphatic hydroxyl groups is 1. The lowest BCUT2D eigenvalue weighted by Gasteiger charge is -2.27. The molecule has 0 aliphatic heterocycles. The Kier molecular flexibility index (Phi) is 6.71. The van der Waals surface area contributed by atoms with Gasteiger partial charge in [-0.1, -0.05) is 36.4 Å². The van der Waals surface area contributed by atoms with E-state index in [9.17, 15) is 14.3 Å². The minimum atomic E-state index is -0.419. The van der Waals surface area contributed by atoms with Gasteiger partial charge in [-0.3, -0.25) is 4.79 Å². The van der Waals surface area contributed by atoms with E-state index in [0.29, 0.717) is 0 Å². The normalized spacial score (nSPS) is 12.2. The molecule has 0 saturated carbocycles. The van der Waals surface area contributed by atoms with Gasteiger partial charge in [0.1, 0.15) is 11.6 Å². The van der Waals surface area contributed by atoms with Crippen molar-refractivity contribution in [1.29, 1.82) is 0 Å². The van der Waals surface area contributed by atoms with E-state index in [1.54, 1.807) is 50.6 Å². The van der Waals surface area contributed by atoms with Gasteiger partial charge < -0.3 is 14.7 Å². The van der Waals surface area contributed by atoms with Gasteiger partial charge in [0.2, 0.25) is 5.91 Å². The zero-order chi connectivity index (χ0) is 18.2. The molecule has 132 valence electrons. The predicted molar refractivity (Wildman–Crippen MR) is 95.6 cm³/mol. The van der Waals surface area contributed by atoms with E-state index in [0.717, 1.165) is 16.9 Å². The van der Waals surface area contributed by atoms with Crippen LogP contribution in [0.3, 0.4) is 0 Å². The molecule has 25 heavy (non-hydrogen) atoms. The summed E-state index contributed by atoms with van der Waals surface area (Å²) in [5, 5.41) is 9.68. The van der Waals surface area contributed by atoms with Crippen LogP contribution >= 0.6 is 0 Å². The quantitative estimate of drug-likeness (QED) is 0.838. The van der Waals surface area contributed by atoms with Crippen LogP contribution in [0.5, 0.6) is 5.75 Å². The fraction of sp³-hybridized carbons (Fsp3) is 0.250. The van der Waals surface area contributed by atoms with Gasteiger partial charge in [0, 0.05) is 13.5 Å². The van der Waals surface area contributed by atoms with E-state index in [1.165, 1.54) is 17.0 Å². The number of carbonyl (C=O) groups excluding carboxylic acids is 1. The van der Waals surface area contributed by atoms with Crippen LogP contribution in [0, 0.1) is 5.82 Å². The number of carbonyl (C=O) groups is 1. The predicted octanol–water partition coefficient (Wildman–Crippen LogP) is 3.43. The van der Waals surface area contributed by atoms with Gasteiger partial charge >= 0.3 is 0 Å². The molecule has 0 saturated heterocycles. The second kappa shape index (κ2) is 8.99. The average molecular weight is 343 g/mol. The standard InChI is InChI=1S/C20H22FNO3/c1-22(19(14-23)16-8-12-18(25-2)13-9-16)20(24)5-3-4-15-6-10-17(21)11-7-15/h3-4,6-13,19,23H,5,14H2,1-2H3/b4-3+. The molecular formula is C20H22FNO3. The van der Waals surface area contributed by atoms with Crippen molar-refractivity contribution in [2.75, 3.05) is 20.8 Å². The van der Waals surface area contributed by atoms with Crippen molar-refractivity contribution in [3.05, 3.63) is 71.6 Å². The molecule has 2 aromatic carbocycles. The molecule has 0 aliphatic rings. The topological polar surface area (TPSA) is 49.8 Å². The number of methoxy groups -OCH3 is 1. The third-order valence-electron chi connectivity index (χ3n) is 4.01. The van der Waals surface area contributed by atoms with Crippen LogP contribution in [-0.4, -0.2) is 36.7 Å². The molecule has 2 rings (SSSR count). The molecular weight excluding hydrogens is 321 g/mol. The minimum Gasteiger partial charge on any atom is -0.497 e. The highest BCUT2D eigenvalue weighted by Gasteiger charge is 2.20. The molecule has 1 atom stereocenters. The van der Waals surface area contributed by atoms with E-state index in [-0.39, 0.29) is 24.8 Å². The molecule has 0 heterocycles. The Hall–Kier alpha value is -2.66. The molecule has 2 aromatic rings. The van der Waals surface area contributed by atoms with Crippen LogP contribution in [0.15, 0.2) is 54.6 Å². The summed E-state index contributed by atoms with van der Waals surface area (Å²) < 4.78 is 18.0. The molecule has 4 nitrogen and oxygen atoms in total. The number of nitrogens with zero attached hydrogens (tertiary/aromatic N) is 1. The highest BCUT2D eigenvalue weighted by molar-refractivity contribution is 5.79. The molecule has 0 bridgehead atoms. The first-order chi connectivity index (χ1) is 12.0. The van der Waals surface area contributed by atoms with Crippen molar-refractivity contribution in [1.82, 2.24) is 4.90 Å². The van der Waals surface area contributed by atoms with Gasteiger partial charge in [-0.25, -0.2) is 4.39 Å². The first-order valence-corrected chi connectivity index (χ1v) is 7.97. The SMILES string of the molecule is COc1ccc(C(CO)N(C)C(=O)C/C=C/c2ccc(F)cc2)cc1. The fourth-order valence-electron chi connectivity index (χ4n) is 2.47. The number of hydrogen-bond donors (Lipinski definition) is 1. The van der Waals surface area contributed by atoms with Gasteiger partial charge in [-0.2, -0.15) is 0 Å². The van der Waals surface area contributed by atoms with E-state index in [2.05, 4.69) is 0 Å². The largest absolute Gasteiger partial charge is 0.497 e. The third kappa shape index (κ3) is 5.16. The molecule has 1 N–H and O–H groups in total. The zero-order valence-electron chi connectivity index (χ0n) is 14.4. The lowest BCUT2D eigenvalue weighted by atomic mass is 10.1. The highest BCUT2D eigenvalue weighted by atomic mass is 19.1. The Morgan fingerprint density at radius 3 is 2.40 bits per heavy atom. The number of rotatable bonds is 7. The third-order valence-corrected chi connectivity index (χ3v) is 4.01. The zero-order valence-corrected chi connectivity index (χ0v) is 14.4. The van der Waals surface area contributed by atoms with Crippen molar-refractivity contribution in [3.63, 3.8) is 0 Å². The van der Waals surface area contributed by atoms with Crippen molar-refractivity contribution < 1.29 is 19.0 Å². The summed E-state index contributed by atoms with van der Waals surface area (Å²) >= 11 is 0. The molecule has 1 amide bonds. The van der Waals surface area contributed by atoms with E-state index in [1.807, 2.05) is 12.1 Å². The van der Waals surface area contributed by atoms with Crippen molar-refractivity contribution in [3.8, 4) is 5.75 Å². The second-order valence-corrected chi connectivity index (χ2v) is 5.63. The van der Waals surface area contributed by atoms with Crippen LogP contribution in [0.4, 0.5) is 4.39 Å². The molecule has 1 unspecified atom stereocenters. The van der Waals surface area contributed by atoms with E-state index in [4.69, 9.17) is 4.74 Å². The summed E-state index contributed by atoms with van der Waals surface area (Å²) in [5.41, 5.74) is 1.66. The van der Waals surface area contributed by atoms with Crippen molar-refractivity contribution >= 4 is 12.0 Å². The molecule has 0 spiro atoms. The van der Waals surface area contributed by atoms with E-state index < -0.39 is 6.04 Å². The maximum Gasteiger partial charge on any atom is 0.226 e. The fourth-order valence-corrected chi connectivity index (χ4v) is 2.47. The van der Waals surface area contributed by atoms with Crippen LogP contribution < -0.4 is 4.74 Å². The summed E-state index contributed by atoms with van der Waals surface area (Å²) in [7, 11) is 3.25. The van der Waals surface area contributed by atoms with Crippen molar-refractivity contribution in [2.45, 2.75) is 12.5 Å². The lowest BCUT2D eigenvalue weighted by Crippen LogP contribution is -2.32. The number of aliphatic hydroxyl groups excluding tert-OH is 1. The minimum absolute atomic E-state index is 0.117. The highest BCUT2D eigenvalue weighted by Crippen LogP contribution is 2.22. The number of hydrogen-bond acceptors (Lipinski definition) is 3. The first kappa shape index (κ1) is 18.7. The van der Waals surface area contributed by atoms with Crippen molar-refractivity contribution in [2.24, 2.45) is 0 Å². The summed E-state index contributed by atoms with van der Waals surface area (Å²) in [4.78, 5) is 13.9. The molecule has 0 radical (unpaired) electrons. The van der Waals surface area contributed by atoms with Gasteiger partial charge in [0.25, 0.3) is 0 Å². The number of benzene rings is 2. The smallest absolute Gasteiger partial charge is 0.226 e. The molecule has 0 fully saturated rings. The molecule has 0 aliphatic carbocycles. The van der Waals surface area contributed by atoms with E-state index >= 15 is 0 Å². The van der Waals surface area contributed by atoms with Crippen LogP contribution in [-0.2, 0) is 4.79 Å². The summed E-state index contributed by atoms with van der Waals surface area (Å²) in [6, 6.07) is 12.9. The van der Waals surface area contributed by atoms with Gasteiger partial charge in [-0.05, 0) is 35.4 Å². The number of amides is 1. The number of halogens is 1. The summed E-state index contributed by atoms with van der Waals surface area (Å²) in [6.07, 6.45) is 3.70. The Morgan fingerprint density at radius 1 is 1.20 bits per heavy atom. The Balaban J connectivity index is 1.99. The number of ether oxygens (including phenoxy) is 1. The summed E-state index contributed by atoms with van der Waals surface area (Å²) in [5.74, 6) is 0.308. The van der Waals surface area contributed by atoms with Crippen LogP contribution in [0.1, 0.15) is 23.6 Å². The van der Waals surface area contributed by atoms with Crippen LogP contribution in [0.2, 0.25) is 0 Å². The Morgan fingerprint density at radius 2 is 1.84 bits per heavy atom. The monoisotopic (exact) mass is 343 g/mol. The Bertz CT molecular complexity index is 711. The Labute approximate surface area is 147 Å². The maximum absolute atomic E-state index is 12.9. The average Bonchev–Trinajstić information content (AvgIpc) is 2.64. The number of likely N-dealkylation sites (N-methyl/N-ethyl adjacent to an activating group) is 1. The maximum atomic E-state index is 12.9. The van der Waals surface area contributed by atoms with Crippen LogP contribution in [0.25, 0.3) is 6.08 Å². The molecule has 0 aromatic heterocycles. The first-order valence-electron chi connectivity index (χ1n) is 7.97. The van der Waals surface area contributed by atoms with Gasteiger partial charge in [-0.15, -0.1) is 0 Å². The summed E-state index contributed by atoms with van der Waals surface area (Å²) in [6.45, 7) is -0.170. The molecule has 5 heteroatoms. The van der Waals surface area contributed by atoms with Gasteiger partial charge in [0.05, 0.1) is 19.8 Å². The second-order valence-electron chi connectivity index (χ2n) is 5.63. The lowest BCUT2D eigenvalue weighted by molar-refractivity contribution is -0.132.